The number of aryl methyl sites for hydroxylation is 2. The fraction of sp³-hybridized carbons (Fsp3) is 0.208. The van der Waals surface area contributed by atoms with Gasteiger partial charge in [0.1, 0.15) is 6.54 Å². The fourth-order valence-electron chi connectivity index (χ4n) is 3.86. The molecule has 0 amide bonds. The number of rotatable bonds is 6. The predicted octanol–water partition coefficient (Wildman–Crippen LogP) is 3.08. The molecule has 4 aromatic rings. The molecule has 4 rings (SSSR count). The van der Waals surface area contributed by atoms with E-state index in [1.54, 1.807) is 0 Å². The first-order valence-corrected chi connectivity index (χ1v) is 9.91. The van der Waals surface area contributed by atoms with Crippen LogP contribution in [0.3, 0.4) is 0 Å². The lowest BCUT2D eigenvalue weighted by Crippen LogP contribution is -3.08. The molecule has 0 bridgehead atoms. The van der Waals surface area contributed by atoms with Gasteiger partial charge in [0.25, 0.3) is 0 Å². The van der Waals surface area contributed by atoms with E-state index in [-0.39, 0.29) is 6.04 Å². The van der Waals surface area contributed by atoms with Gasteiger partial charge >= 0.3 is 0 Å². The monoisotopic (exact) mass is 384 g/mol. The van der Waals surface area contributed by atoms with E-state index < -0.39 is 0 Å². The molecule has 1 unspecified atom stereocenters. The summed E-state index contributed by atoms with van der Waals surface area (Å²) in [6.07, 6.45) is 0. The third kappa shape index (κ3) is 3.96. The summed E-state index contributed by atoms with van der Waals surface area (Å²) in [4.78, 5) is 1.31. The van der Waals surface area contributed by atoms with Gasteiger partial charge in [0.15, 0.2) is 6.04 Å². The Morgan fingerprint density at radius 1 is 0.828 bits per heavy atom. The van der Waals surface area contributed by atoms with Crippen molar-refractivity contribution in [2.75, 3.05) is 7.05 Å². The summed E-state index contributed by atoms with van der Waals surface area (Å²) < 4.78 is 1.88. The lowest BCUT2D eigenvalue weighted by molar-refractivity contribution is -0.920. The number of quaternary nitrogens is 1. The Morgan fingerprint density at radius 3 is 2.21 bits per heavy atom. The molecule has 0 saturated carbocycles. The minimum absolute atomic E-state index is 0.00501. The van der Waals surface area contributed by atoms with Crippen LogP contribution >= 0.6 is 0 Å². The molecule has 146 valence electrons. The van der Waals surface area contributed by atoms with E-state index in [0.29, 0.717) is 0 Å². The molecule has 29 heavy (non-hydrogen) atoms. The van der Waals surface area contributed by atoms with Crippen molar-refractivity contribution in [3.8, 4) is 5.69 Å². The summed E-state index contributed by atoms with van der Waals surface area (Å²) in [6, 6.07) is 27.3. The molecule has 0 spiro atoms. The average molecular weight is 385 g/mol. The highest BCUT2D eigenvalue weighted by Gasteiger charge is 2.30. The number of nitrogens with one attached hydrogen (secondary N) is 1. The first-order valence-electron chi connectivity index (χ1n) is 9.91. The van der Waals surface area contributed by atoms with Gasteiger partial charge in [-0.15, -0.1) is 5.10 Å². The van der Waals surface area contributed by atoms with E-state index in [1.807, 2.05) is 22.9 Å². The van der Waals surface area contributed by atoms with Gasteiger partial charge in [0, 0.05) is 11.1 Å². The van der Waals surface area contributed by atoms with E-state index in [9.17, 15) is 0 Å². The number of hydrogen-bond acceptors (Lipinski definition) is 3. The van der Waals surface area contributed by atoms with Gasteiger partial charge in [-0.05, 0) is 41.5 Å². The van der Waals surface area contributed by atoms with Gasteiger partial charge < -0.3 is 4.90 Å². The van der Waals surface area contributed by atoms with Gasteiger partial charge in [0.05, 0.1) is 12.7 Å². The molecule has 0 aliphatic heterocycles. The third-order valence-corrected chi connectivity index (χ3v) is 5.45. The van der Waals surface area contributed by atoms with Crippen LogP contribution in [0.2, 0.25) is 0 Å². The highest BCUT2D eigenvalue weighted by atomic mass is 15.6. The summed E-state index contributed by atoms with van der Waals surface area (Å²) >= 11 is 0. The van der Waals surface area contributed by atoms with Gasteiger partial charge in [-0.25, -0.2) is 0 Å². The van der Waals surface area contributed by atoms with Crippen LogP contribution in [-0.2, 0) is 6.54 Å². The van der Waals surface area contributed by atoms with Crippen molar-refractivity contribution >= 4 is 0 Å². The van der Waals surface area contributed by atoms with Crippen molar-refractivity contribution in [1.82, 2.24) is 20.2 Å². The molecule has 0 fully saturated rings. The largest absolute Gasteiger partial charge is 0.321 e. The minimum Gasteiger partial charge on any atom is -0.321 e. The quantitative estimate of drug-likeness (QED) is 0.556. The van der Waals surface area contributed by atoms with Crippen molar-refractivity contribution in [1.29, 1.82) is 0 Å². The van der Waals surface area contributed by atoms with Crippen LogP contribution in [0.1, 0.15) is 34.1 Å². The van der Waals surface area contributed by atoms with Crippen molar-refractivity contribution < 1.29 is 4.90 Å². The molecule has 0 radical (unpaired) electrons. The normalized spacial score (nSPS) is 13.2. The number of para-hydroxylation sites is 1. The molecular formula is C24H26N5+. The van der Waals surface area contributed by atoms with Crippen LogP contribution in [0.25, 0.3) is 5.69 Å². The summed E-state index contributed by atoms with van der Waals surface area (Å²) in [7, 11) is 2.21. The van der Waals surface area contributed by atoms with Gasteiger partial charge in [0.2, 0.25) is 5.82 Å². The molecule has 5 nitrogen and oxygen atoms in total. The first-order chi connectivity index (χ1) is 14.1. The Bertz CT molecular complexity index is 1090. The second kappa shape index (κ2) is 8.37. The zero-order chi connectivity index (χ0) is 20.2. The van der Waals surface area contributed by atoms with Crippen LogP contribution in [-0.4, -0.2) is 27.3 Å². The second-order valence-corrected chi connectivity index (χ2v) is 7.53. The maximum atomic E-state index is 4.48. The summed E-state index contributed by atoms with van der Waals surface area (Å²) in [5, 5.41) is 12.9. The molecule has 1 heterocycles. The van der Waals surface area contributed by atoms with Crippen LogP contribution in [0.15, 0.2) is 78.9 Å². The maximum absolute atomic E-state index is 4.48. The minimum atomic E-state index is 0.00501. The number of benzene rings is 3. The lowest BCUT2D eigenvalue weighted by atomic mass is 10.0. The van der Waals surface area contributed by atoms with Gasteiger partial charge in [-0.1, -0.05) is 72.8 Å². The molecule has 5 heteroatoms. The summed E-state index contributed by atoms with van der Waals surface area (Å²) in [5.74, 6) is 0.844. The van der Waals surface area contributed by atoms with Crippen molar-refractivity contribution in [3.63, 3.8) is 0 Å². The third-order valence-electron chi connectivity index (χ3n) is 5.45. The first kappa shape index (κ1) is 19.0. The molecule has 0 aliphatic carbocycles. The van der Waals surface area contributed by atoms with Crippen LogP contribution in [0, 0.1) is 13.8 Å². The van der Waals surface area contributed by atoms with Gasteiger partial charge in [-0.3, -0.25) is 0 Å². The highest BCUT2D eigenvalue weighted by molar-refractivity contribution is 5.40. The molecule has 3 aromatic carbocycles. The molecule has 0 aliphatic rings. The van der Waals surface area contributed by atoms with Crippen molar-refractivity contribution in [2.24, 2.45) is 0 Å². The molecule has 0 saturated heterocycles. The fourth-order valence-corrected chi connectivity index (χ4v) is 3.86. The van der Waals surface area contributed by atoms with Crippen LogP contribution < -0.4 is 4.90 Å². The van der Waals surface area contributed by atoms with Crippen molar-refractivity contribution in [3.05, 3.63) is 107 Å². The van der Waals surface area contributed by atoms with E-state index in [2.05, 4.69) is 97.1 Å². The molecular weight excluding hydrogens is 358 g/mol. The van der Waals surface area contributed by atoms with E-state index >= 15 is 0 Å². The maximum Gasteiger partial charge on any atom is 0.218 e. The molecule has 1 N–H and O–H groups in total. The average Bonchev–Trinajstić information content (AvgIpc) is 3.20. The van der Waals surface area contributed by atoms with Crippen LogP contribution in [0.5, 0.6) is 0 Å². The lowest BCUT2D eigenvalue weighted by Gasteiger charge is -2.25. The summed E-state index contributed by atoms with van der Waals surface area (Å²) in [6.45, 7) is 5.13. The standard InChI is InChI=1S/C24H25N5/c1-18-11-7-9-15-21(18)17-28(3)23(20-13-5-4-6-14-20)24-25-26-27-29(24)22-16-10-8-12-19(22)2/h4-16,23H,17H2,1-3H3/p+1/t23-/m1/s1. The zero-order valence-corrected chi connectivity index (χ0v) is 17.1. The topological polar surface area (TPSA) is 48.0 Å². The number of nitrogens with zero attached hydrogens (tertiary/aromatic N) is 4. The Labute approximate surface area is 171 Å². The van der Waals surface area contributed by atoms with Crippen LogP contribution in [0.4, 0.5) is 0 Å². The Morgan fingerprint density at radius 2 is 1.48 bits per heavy atom. The Hall–Kier alpha value is -3.31. The van der Waals surface area contributed by atoms with Gasteiger partial charge in [-0.2, -0.15) is 4.68 Å². The SMILES string of the molecule is Cc1ccccc1C[NH+](C)[C@H](c1ccccc1)c1nnnn1-c1ccccc1C. The number of tetrazole rings is 1. The number of aromatic nitrogens is 4. The summed E-state index contributed by atoms with van der Waals surface area (Å²) in [5.41, 5.74) is 5.99. The van der Waals surface area contributed by atoms with E-state index in [0.717, 1.165) is 23.6 Å². The zero-order valence-electron chi connectivity index (χ0n) is 17.1. The second-order valence-electron chi connectivity index (χ2n) is 7.53. The number of hydrogen-bond donors (Lipinski definition) is 1. The van der Waals surface area contributed by atoms with Crippen molar-refractivity contribution in [2.45, 2.75) is 26.4 Å². The Kier molecular flexibility index (Phi) is 5.49. The highest BCUT2D eigenvalue weighted by Crippen LogP contribution is 2.21. The van der Waals surface area contributed by atoms with E-state index in [1.165, 1.54) is 21.6 Å². The van der Waals surface area contributed by atoms with E-state index in [4.69, 9.17) is 0 Å². The Balaban J connectivity index is 1.78. The predicted molar refractivity (Wildman–Crippen MR) is 114 cm³/mol. The molecule has 1 aromatic heterocycles. The molecule has 2 atom stereocenters. The smallest absolute Gasteiger partial charge is 0.218 e.